The zero-order chi connectivity index (χ0) is 21.6. The lowest BCUT2D eigenvalue weighted by Gasteiger charge is -2.36. The standard InChI is InChI=1S/C21H27N5O3S/c1-10-6-15-17(7-11(10)2)29-21(24-15)26-13(4)8-16-18(14(26)5)30-20(23-16)25-19(28)22-12(3)9-27/h6-7,12-14,27H,8-9H2,1-5H3,(H2,22,23,25,28)/t12-,13-,14+/m1/s1. The van der Waals surface area contributed by atoms with Crippen LogP contribution in [0.2, 0.25) is 0 Å². The van der Waals surface area contributed by atoms with Crippen LogP contribution in [0.5, 0.6) is 0 Å². The quantitative estimate of drug-likeness (QED) is 0.581. The summed E-state index contributed by atoms with van der Waals surface area (Å²) in [7, 11) is 0. The van der Waals surface area contributed by atoms with Gasteiger partial charge in [0.2, 0.25) is 0 Å². The van der Waals surface area contributed by atoms with Crippen molar-refractivity contribution < 1.29 is 14.3 Å². The van der Waals surface area contributed by atoms with E-state index in [1.807, 2.05) is 6.07 Å². The van der Waals surface area contributed by atoms with Crippen molar-refractivity contribution in [3.63, 3.8) is 0 Å². The molecule has 1 aliphatic heterocycles. The Hall–Kier alpha value is -2.65. The molecule has 2 aromatic heterocycles. The predicted molar refractivity (Wildman–Crippen MR) is 118 cm³/mol. The minimum Gasteiger partial charge on any atom is -0.423 e. The van der Waals surface area contributed by atoms with E-state index in [0.717, 1.165) is 28.1 Å². The number of carbonyl (C=O) groups is 1. The van der Waals surface area contributed by atoms with E-state index in [9.17, 15) is 4.79 Å². The van der Waals surface area contributed by atoms with Crippen molar-refractivity contribution in [3.8, 4) is 0 Å². The second kappa shape index (κ2) is 7.88. The molecule has 4 rings (SSSR count). The maximum absolute atomic E-state index is 12.1. The first-order valence-corrected chi connectivity index (χ1v) is 10.9. The van der Waals surface area contributed by atoms with Crippen LogP contribution in [-0.2, 0) is 6.42 Å². The Morgan fingerprint density at radius 2 is 2.07 bits per heavy atom. The Morgan fingerprint density at radius 1 is 1.33 bits per heavy atom. The molecular formula is C21H27N5O3S. The molecule has 160 valence electrons. The van der Waals surface area contributed by atoms with Gasteiger partial charge in [-0.2, -0.15) is 4.98 Å². The summed E-state index contributed by atoms with van der Waals surface area (Å²) in [6, 6.07) is 4.19. The third-order valence-corrected chi connectivity index (χ3v) is 6.76. The molecule has 1 aliphatic rings. The molecule has 3 atom stereocenters. The second-order valence-corrected chi connectivity index (χ2v) is 9.08. The fourth-order valence-electron chi connectivity index (χ4n) is 3.81. The topological polar surface area (TPSA) is 104 Å². The summed E-state index contributed by atoms with van der Waals surface area (Å²) in [6.07, 6.45) is 0.739. The van der Waals surface area contributed by atoms with Gasteiger partial charge in [-0.15, -0.1) is 0 Å². The number of rotatable bonds is 4. The Labute approximate surface area is 179 Å². The molecule has 3 heterocycles. The molecule has 8 nitrogen and oxygen atoms in total. The number of carbonyl (C=O) groups excluding carboxylic acids is 1. The Kier molecular flexibility index (Phi) is 5.42. The maximum Gasteiger partial charge on any atom is 0.321 e. The van der Waals surface area contributed by atoms with Gasteiger partial charge < -0.3 is 19.7 Å². The summed E-state index contributed by atoms with van der Waals surface area (Å²) in [5, 5.41) is 15.1. The van der Waals surface area contributed by atoms with Gasteiger partial charge in [-0.25, -0.2) is 9.78 Å². The van der Waals surface area contributed by atoms with Gasteiger partial charge in [-0.3, -0.25) is 5.32 Å². The smallest absolute Gasteiger partial charge is 0.321 e. The summed E-state index contributed by atoms with van der Waals surface area (Å²) in [5.41, 5.74) is 5.01. The van der Waals surface area contributed by atoms with Crippen molar-refractivity contribution in [2.24, 2.45) is 0 Å². The van der Waals surface area contributed by atoms with Gasteiger partial charge in [0.15, 0.2) is 10.7 Å². The van der Waals surface area contributed by atoms with Gasteiger partial charge in [0.25, 0.3) is 6.01 Å². The van der Waals surface area contributed by atoms with Gasteiger partial charge in [0.05, 0.1) is 29.3 Å². The number of aliphatic hydroxyl groups is 1. The maximum atomic E-state index is 12.1. The highest BCUT2D eigenvalue weighted by atomic mass is 32.1. The fraction of sp³-hybridized carbons (Fsp3) is 0.476. The molecule has 0 unspecified atom stereocenters. The first kappa shape index (κ1) is 20.6. The van der Waals surface area contributed by atoms with Crippen LogP contribution in [-0.4, -0.2) is 39.8 Å². The third-order valence-electron chi connectivity index (χ3n) is 5.57. The lowest BCUT2D eigenvalue weighted by atomic mass is 10.0. The number of fused-ring (bicyclic) bond motifs is 2. The number of hydrogen-bond donors (Lipinski definition) is 3. The van der Waals surface area contributed by atoms with Crippen LogP contribution in [0.1, 0.15) is 48.5 Å². The molecule has 0 fully saturated rings. The van der Waals surface area contributed by atoms with E-state index < -0.39 is 0 Å². The number of amides is 2. The summed E-state index contributed by atoms with van der Waals surface area (Å²) < 4.78 is 6.12. The molecule has 1 aromatic carbocycles. The lowest BCUT2D eigenvalue weighted by molar-refractivity contribution is 0.229. The Balaban J connectivity index is 1.59. The normalized spacial score (nSPS) is 19.6. The molecule has 3 aromatic rings. The van der Waals surface area contributed by atoms with Crippen molar-refractivity contribution in [3.05, 3.63) is 33.8 Å². The van der Waals surface area contributed by atoms with E-state index in [1.54, 1.807) is 6.92 Å². The highest BCUT2D eigenvalue weighted by Crippen LogP contribution is 2.41. The van der Waals surface area contributed by atoms with Crippen LogP contribution in [0.15, 0.2) is 16.5 Å². The largest absolute Gasteiger partial charge is 0.423 e. The molecule has 30 heavy (non-hydrogen) atoms. The van der Waals surface area contributed by atoms with Crippen LogP contribution in [0, 0.1) is 13.8 Å². The zero-order valence-electron chi connectivity index (χ0n) is 17.8. The van der Waals surface area contributed by atoms with Gasteiger partial charge in [0.1, 0.15) is 5.52 Å². The predicted octanol–water partition coefficient (Wildman–Crippen LogP) is 3.92. The number of oxazole rings is 1. The van der Waals surface area contributed by atoms with Crippen molar-refractivity contribution >= 4 is 39.6 Å². The number of nitrogens with zero attached hydrogens (tertiary/aromatic N) is 3. The van der Waals surface area contributed by atoms with Crippen LogP contribution >= 0.6 is 11.3 Å². The van der Waals surface area contributed by atoms with E-state index >= 15 is 0 Å². The van der Waals surface area contributed by atoms with Gasteiger partial charge in [-0.05, 0) is 57.9 Å². The molecule has 0 saturated carbocycles. The lowest BCUT2D eigenvalue weighted by Crippen LogP contribution is -2.41. The Bertz CT molecular complexity index is 1050. The summed E-state index contributed by atoms with van der Waals surface area (Å²) >= 11 is 1.46. The molecule has 0 spiro atoms. The summed E-state index contributed by atoms with van der Waals surface area (Å²) in [4.78, 5) is 24.7. The van der Waals surface area contributed by atoms with E-state index in [4.69, 9.17) is 14.5 Å². The molecule has 0 saturated heterocycles. The zero-order valence-corrected chi connectivity index (χ0v) is 18.6. The highest BCUT2D eigenvalue weighted by Gasteiger charge is 2.35. The number of aliphatic hydroxyl groups excluding tert-OH is 1. The minimum atomic E-state index is -0.370. The Morgan fingerprint density at radius 3 is 2.80 bits per heavy atom. The van der Waals surface area contributed by atoms with E-state index in [2.05, 4.69) is 54.3 Å². The van der Waals surface area contributed by atoms with E-state index in [-0.39, 0.29) is 30.8 Å². The van der Waals surface area contributed by atoms with Crippen molar-refractivity contribution in [2.45, 2.75) is 59.2 Å². The average Bonchev–Trinajstić information content (AvgIpc) is 3.25. The second-order valence-electron chi connectivity index (χ2n) is 8.05. The number of benzene rings is 1. The molecule has 3 N–H and O–H groups in total. The number of nitrogens with one attached hydrogen (secondary N) is 2. The van der Waals surface area contributed by atoms with Crippen molar-refractivity contribution in [2.75, 3.05) is 16.8 Å². The van der Waals surface area contributed by atoms with Crippen LogP contribution < -0.4 is 15.5 Å². The molecule has 0 radical (unpaired) electrons. The number of aromatic nitrogens is 2. The minimum absolute atomic E-state index is 0.0199. The number of urea groups is 1. The summed E-state index contributed by atoms with van der Waals surface area (Å²) in [5.74, 6) is 0. The molecule has 9 heteroatoms. The summed E-state index contributed by atoms with van der Waals surface area (Å²) in [6.45, 7) is 10.00. The molecule has 0 bridgehead atoms. The van der Waals surface area contributed by atoms with Crippen LogP contribution in [0.4, 0.5) is 15.9 Å². The van der Waals surface area contributed by atoms with Crippen LogP contribution in [0.25, 0.3) is 11.1 Å². The average molecular weight is 430 g/mol. The van der Waals surface area contributed by atoms with Gasteiger partial charge in [-0.1, -0.05) is 11.3 Å². The van der Waals surface area contributed by atoms with Crippen molar-refractivity contribution in [1.82, 2.24) is 15.3 Å². The molecule has 2 amide bonds. The first-order chi connectivity index (χ1) is 14.3. The van der Waals surface area contributed by atoms with Gasteiger partial charge >= 0.3 is 6.03 Å². The van der Waals surface area contributed by atoms with Gasteiger partial charge in [0, 0.05) is 12.5 Å². The SMILES string of the molecule is Cc1cc2nc(N3[C@H](C)Cc4nc(NC(=O)N[C@H](C)CO)sc4[C@@H]3C)oc2cc1C. The first-order valence-electron chi connectivity index (χ1n) is 10.1. The number of thiazole rings is 1. The third kappa shape index (κ3) is 3.75. The number of hydrogen-bond acceptors (Lipinski definition) is 7. The monoisotopic (exact) mass is 429 g/mol. The van der Waals surface area contributed by atoms with Crippen LogP contribution in [0.3, 0.4) is 0 Å². The van der Waals surface area contributed by atoms with E-state index in [0.29, 0.717) is 11.1 Å². The van der Waals surface area contributed by atoms with Crippen molar-refractivity contribution in [1.29, 1.82) is 0 Å². The number of aryl methyl sites for hydroxylation is 2. The molecular weight excluding hydrogens is 402 g/mol. The fourth-order valence-corrected chi connectivity index (χ4v) is 4.85. The number of anilines is 2. The molecule has 0 aliphatic carbocycles. The van der Waals surface area contributed by atoms with E-state index in [1.165, 1.54) is 22.5 Å². The highest BCUT2D eigenvalue weighted by molar-refractivity contribution is 7.16.